The Morgan fingerprint density at radius 1 is 1.42 bits per heavy atom. The van der Waals surface area contributed by atoms with E-state index in [-0.39, 0.29) is 0 Å². The molecule has 0 saturated heterocycles. The summed E-state index contributed by atoms with van der Waals surface area (Å²) in [5.74, 6) is 0. The summed E-state index contributed by atoms with van der Waals surface area (Å²) in [6, 6.07) is 6.56. The maximum Gasteiger partial charge on any atom is 0.0432 e. The molecule has 1 aromatic rings. The van der Waals surface area contributed by atoms with Crippen LogP contribution in [0.15, 0.2) is 24.8 Å². The topological polar surface area (TPSA) is 3.24 Å². The van der Waals surface area contributed by atoms with Crippen LogP contribution in [0.5, 0.6) is 0 Å². The molecule has 1 aliphatic rings. The van der Waals surface area contributed by atoms with Crippen molar-refractivity contribution in [2.24, 2.45) is 0 Å². The first-order valence-corrected chi connectivity index (χ1v) is 4.18. The van der Waals surface area contributed by atoms with E-state index >= 15 is 0 Å². The summed E-state index contributed by atoms with van der Waals surface area (Å²) in [6.45, 7) is 7.17. The number of benzene rings is 1. The second kappa shape index (κ2) is 2.37. The molecule has 12 heavy (non-hydrogen) atoms. The molecule has 0 unspecified atom stereocenters. The van der Waals surface area contributed by atoms with Crippen LogP contribution < -0.4 is 0 Å². The number of hydrogen-bond donors (Lipinski definition) is 0. The van der Waals surface area contributed by atoms with Crippen LogP contribution in [0.3, 0.4) is 0 Å². The molecule has 0 radical (unpaired) electrons. The molecule has 0 aromatic heterocycles. The molecule has 1 heteroatoms. The summed E-state index contributed by atoms with van der Waals surface area (Å²) in [5.41, 5.74) is 5.17. The van der Waals surface area contributed by atoms with E-state index < -0.39 is 0 Å². The van der Waals surface area contributed by atoms with Crippen molar-refractivity contribution in [3.05, 3.63) is 41.5 Å². The average molecular weight is 159 g/mol. The highest BCUT2D eigenvalue weighted by molar-refractivity contribution is 5.69. The van der Waals surface area contributed by atoms with Crippen molar-refractivity contribution in [3.63, 3.8) is 0 Å². The zero-order valence-corrected chi connectivity index (χ0v) is 7.59. The fraction of sp³-hybridized carbons (Fsp3) is 0.273. The Kier molecular flexibility index (Phi) is 1.47. The Morgan fingerprint density at radius 2 is 2.17 bits per heavy atom. The zero-order valence-electron chi connectivity index (χ0n) is 7.59. The standard InChI is InChI=1S/C11H13N/c1-8-4-5-10-7-12(3)9(2)11(10)6-8/h4-6H,2,7H2,1,3H3. The molecule has 0 spiro atoms. The van der Waals surface area contributed by atoms with Crippen LogP contribution in [0.25, 0.3) is 5.70 Å². The molecule has 0 bridgehead atoms. The van der Waals surface area contributed by atoms with E-state index in [4.69, 9.17) is 0 Å². The highest BCUT2D eigenvalue weighted by atomic mass is 15.1. The molecule has 1 nitrogen and oxygen atoms in total. The van der Waals surface area contributed by atoms with Gasteiger partial charge in [0.05, 0.1) is 0 Å². The van der Waals surface area contributed by atoms with Crippen molar-refractivity contribution in [2.75, 3.05) is 7.05 Å². The molecular weight excluding hydrogens is 146 g/mol. The molecule has 1 aromatic carbocycles. The Bertz CT molecular complexity index is 339. The molecule has 0 atom stereocenters. The van der Waals surface area contributed by atoms with Gasteiger partial charge in [-0.15, -0.1) is 0 Å². The van der Waals surface area contributed by atoms with Gasteiger partial charge in [0, 0.05) is 24.9 Å². The molecule has 0 aliphatic carbocycles. The summed E-state index contributed by atoms with van der Waals surface area (Å²) in [7, 11) is 2.08. The van der Waals surface area contributed by atoms with Gasteiger partial charge in [0.2, 0.25) is 0 Å². The SMILES string of the molecule is C=C1c2cc(C)ccc2CN1C. The van der Waals surface area contributed by atoms with Gasteiger partial charge in [-0.05, 0) is 18.6 Å². The van der Waals surface area contributed by atoms with E-state index in [0.717, 1.165) is 12.2 Å². The lowest BCUT2D eigenvalue weighted by Crippen LogP contribution is -2.05. The number of aryl methyl sites for hydroxylation is 1. The molecule has 1 heterocycles. The Morgan fingerprint density at radius 3 is 2.92 bits per heavy atom. The van der Waals surface area contributed by atoms with E-state index in [1.807, 2.05) is 0 Å². The van der Waals surface area contributed by atoms with Gasteiger partial charge in [0.25, 0.3) is 0 Å². The van der Waals surface area contributed by atoms with Crippen LogP contribution >= 0.6 is 0 Å². The third kappa shape index (κ3) is 0.934. The molecule has 0 saturated carbocycles. The number of hydrogen-bond acceptors (Lipinski definition) is 1. The second-order valence-corrected chi connectivity index (χ2v) is 3.46. The predicted octanol–water partition coefficient (Wildman–Crippen LogP) is 2.41. The lowest BCUT2D eigenvalue weighted by atomic mass is 10.1. The first-order chi connectivity index (χ1) is 5.68. The van der Waals surface area contributed by atoms with Gasteiger partial charge in [-0.1, -0.05) is 24.3 Å². The molecule has 2 rings (SSSR count). The van der Waals surface area contributed by atoms with Crippen molar-refractivity contribution >= 4 is 5.70 Å². The average Bonchev–Trinajstić information content (AvgIpc) is 2.31. The molecule has 0 amide bonds. The lowest BCUT2D eigenvalue weighted by molar-refractivity contribution is 0.501. The summed E-state index contributed by atoms with van der Waals surface area (Å²) < 4.78 is 0. The normalized spacial score (nSPS) is 15.2. The fourth-order valence-corrected chi connectivity index (χ4v) is 1.65. The van der Waals surface area contributed by atoms with Gasteiger partial charge >= 0.3 is 0 Å². The smallest absolute Gasteiger partial charge is 0.0432 e. The van der Waals surface area contributed by atoms with E-state index in [1.54, 1.807) is 0 Å². The fourth-order valence-electron chi connectivity index (χ4n) is 1.65. The summed E-state index contributed by atoms with van der Waals surface area (Å²) in [5, 5.41) is 0. The van der Waals surface area contributed by atoms with Crippen LogP contribution in [0, 0.1) is 6.92 Å². The first kappa shape index (κ1) is 7.41. The number of nitrogens with zero attached hydrogens (tertiary/aromatic N) is 1. The second-order valence-electron chi connectivity index (χ2n) is 3.46. The summed E-state index contributed by atoms with van der Waals surface area (Å²) in [6.07, 6.45) is 0. The molecule has 0 fully saturated rings. The maximum absolute atomic E-state index is 4.04. The lowest BCUT2D eigenvalue weighted by Gasteiger charge is -2.10. The number of rotatable bonds is 0. The Labute approximate surface area is 73.3 Å². The van der Waals surface area contributed by atoms with E-state index in [1.165, 1.54) is 16.7 Å². The van der Waals surface area contributed by atoms with E-state index in [2.05, 4.69) is 43.6 Å². The van der Waals surface area contributed by atoms with Crippen molar-refractivity contribution in [2.45, 2.75) is 13.5 Å². The molecule has 62 valence electrons. The zero-order chi connectivity index (χ0) is 8.72. The van der Waals surface area contributed by atoms with Crippen molar-refractivity contribution in [3.8, 4) is 0 Å². The van der Waals surface area contributed by atoms with Crippen LogP contribution in [0.4, 0.5) is 0 Å². The van der Waals surface area contributed by atoms with Crippen molar-refractivity contribution in [1.29, 1.82) is 0 Å². The molecular formula is C11H13N. The third-order valence-electron chi connectivity index (χ3n) is 2.44. The summed E-state index contributed by atoms with van der Waals surface area (Å²) in [4.78, 5) is 2.18. The summed E-state index contributed by atoms with van der Waals surface area (Å²) >= 11 is 0. The predicted molar refractivity (Wildman–Crippen MR) is 51.7 cm³/mol. The third-order valence-corrected chi connectivity index (χ3v) is 2.44. The minimum absolute atomic E-state index is 1.01. The van der Waals surface area contributed by atoms with Gasteiger partial charge in [-0.25, -0.2) is 0 Å². The van der Waals surface area contributed by atoms with Crippen LogP contribution in [0.1, 0.15) is 16.7 Å². The number of fused-ring (bicyclic) bond motifs is 1. The largest absolute Gasteiger partial charge is 0.370 e. The van der Waals surface area contributed by atoms with Crippen LogP contribution in [-0.4, -0.2) is 11.9 Å². The van der Waals surface area contributed by atoms with E-state index in [0.29, 0.717) is 0 Å². The highest BCUT2D eigenvalue weighted by Crippen LogP contribution is 2.30. The minimum atomic E-state index is 1.01. The molecule has 0 N–H and O–H groups in total. The van der Waals surface area contributed by atoms with Crippen LogP contribution in [-0.2, 0) is 6.54 Å². The van der Waals surface area contributed by atoms with Gasteiger partial charge in [-0.2, -0.15) is 0 Å². The van der Waals surface area contributed by atoms with Crippen molar-refractivity contribution < 1.29 is 0 Å². The Balaban J connectivity index is 2.56. The van der Waals surface area contributed by atoms with Gasteiger partial charge in [0.15, 0.2) is 0 Å². The minimum Gasteiger partial charge on any atom is -0.370 e. The van der Waals surface area contributed by atoms with E-state index in [9.17, 15) is 0 Å². The van der Waals surface area contributed by atoms with Gasteiger partial charge in [-0.3, -0.25) is 0 Å². The van der Waals surface area contributed by atoms with Gasteiger partial charge in [0.1, 0.15) is 0 Å². The first-order valence-electron chi connectivity index (χ1n) is 4.18. The molecule has 1 aliphatic heterocycles. The van der Waals surface area contributed by atoms with Crippen LogP contribution in [0.2, 0.25) is 0 Å². The Hall–Kier alpha value is -1.24. The monoisotopic (exact) mass is 159 g/mol. The maximum atomic E-state index is 4.04. The van der Waals surface area contributed by atoms with Gasteiger partial charge < -0.3 is 4.90 Å². The highest BCUT2D eigenvalue weighted by Gasteiger charge is 2.18. The van der Waals surface area contributed by atoms with Crippen molar-refractivity contribution in [1.82, 2.24) is 4.90 Å². The quantitative estimate of drug-likeness (QED) is 0.562.